The number of thioether (sulfide) groups is 1. The van der Waals surface area contributed by atoms with Gasteiger partial charge >= 0.3 is 0 Å². The highest BCUT2D eigenvalue weighted by Gasteiger charge is 2.10. The Morgan fingerprint density at radius 1 is 1.10 bits per heavy atom. The van der Waals surface area contributed by atoms with Crippen LogP contribution in [0, 0.1) is 5.82 Å². The molecular weight excluding hydrogens is 409 g/mol. The van der Waals surface area contributed by atoms with E-state index in [1.165, 1.54) is 35.2 Å². The highest BCUT2D eigenvalue weighted by Crippen LogP contribution is 2.28. The van der Waals surface area contributed by atoms with Crippen LogP contribution in [0.4, 0.5) is 10.1 Å². The minimum Gasteiger partial charge on any atom is -0.346 e. The quantitative estimate of drug-likeness (QED) is 0.522. The van der Waals surface area contributed by atoms with Crippen molar-refractivity contribution < 1.29 is 14.0 Å². The molecule has 0 unspecified atom stereocenters. The molecule has 0 aliphatic rings. The maximum atomic E-state index is 13.0. The van der Waals surface area contributed by atoms with Crippen molar-refractivity contribution >= 4 is 40.6 Å². The molecule has 0 bridgehead atoms. The van der Waals surface area contributed by atoms with Crippen LogP contribution in [0.15, 0.2) is 58.3 Å². The fourth-order valence-electron chi connectivity index (χ4n) is 2.58. The zero-order valence-electron chi connectivity index (χ0n) is 15.8. The van der Waals surface area contributed by atoms with Crippen LogP contribution >= 0.6 is 23.1 Å². The van der Waals surface area contributed by atoms with Crippen LogP contribution in [0.5, 0.6) is 0 Å². The van der Waals surface area contributed by atoms with Crippen molar-refractivity contribution in [3.63, 3.8) is 0 Å². The molecule has 0 fully saturated rings. The van der Waals surface area contributed by atoms with Gasteiger partial charge in [-0.25, -0.2) is 9.37 Å². The molecule has 0 atom stereocenters. The minimum absolute atomic E-state index is 0.0872. The Bertz CT molecular complexity index is 990. The molecule has 0 aliphatic carbocycles. The first-order chi connectivity index (χ1) is 14.0. The average molecular weight is 430 g/mol. The van der Waals surface area contributed by atoms with E-state index < -0.39 is 0 Å². The third-order valence-electron chi connectivity index (χ3n) is 4.07. The number of carbonyl (C=O) groups excluding carboxylic acids is 2. The molecule has 2 aromatic carbocycles. The number of hydrogen-bond acceptors (Lipinski definition) is 5. The largest absolute Gasteiger partial charge is 0.346 e. The summed E-state index contributed by atoms with van der Waals surface area (Å²) in [7, 11) is 0. The molecule has 5 nitrogen and oxygen atoms in total. The third-order valence-corrected chi connectivity index (χ3v) is 6.09. The van der Waals surface area contributed by atoms with Crippen molar-refractivity contribution in [2.75, 3.05) is 17.6 Å². The first kappa shape index (κ1) is 21.0. The van der Waals surface area contributed by atoms with E-state index in [0.29, 0.717) is 0 Å². The van der Waals surface area contributed by atoms with Gasteiger partial charge in [0.2, 0.25) is 11.8 Å². The fraction of sp³-hybridized carbons (Fsp3) is 0.190. The summed E-state index contributed by atoms with van der Waals surface area (Å²) in [5.74, 6) is -0.642. The molecular formula is C21H20FN3O2S2. The first-order valence-electron chi connectivity index (χ1n) is 9.04. The molecule has 2 amide bonds. The number of carbonyl (C=O) groups is 2. The number of hydrogen-bond donors (Lipinski definition) is 2. The van der Waals surface area contributed by atoms with Gasteiger partial charge in [-0.2, -0.15) is 0 Å². The molecule has 0 saturated heterocycles. The van der Waals surface area contributed by atoms with Crippen molar-refractivity contribution in [2.45, 2.75) is 17.7 Å². The number of aryl methyl sites for hydroxylation is 1. The Labute approximate surface area is 176 Å². The lowest BCUT2D eigenvalue weighted by Crippen LogP contribution is -2.34. The fourth-order valence-corrected chi connectivity index (χ4v) is 4.24. The molecule has 0 aliphatic heterocycles. The normalized spacial score (nSPS) is 10.6. The van der Waals surface area contributed by atoms with E-state index in [2.05, 4.69) is 15.6 Å². The number of anilines is 1. The topological polar surface area (TPSA) is 71.1 Å². The summed E-state index contributed by atoms with van der Waals surface area (Å²) >= 11 is 2.72. The summed E-state index contributed by atoms with van der Waals surface area (Å²) in [5.41, 5.74) is 3.37. The predicted octanol–water partition coefficient (Wildman–Crippen LogP) is 4.36. The number of nitrogens with zero attached hydrogens (tertiary/aromatic N) is 1. The van der Waals surface area contributed by atoms with E-state index in [1.54, 1.807) is 12.1 Å². The molecule has 1 heterocycles. The van der Waals surface area contributed by atoms with E-state index in [4.69, 9.17) is 0 Å². The van der Waals surface area contributed by atoms with E-state index >= 15 is 0 Å². The molecule has 3 rings (SSSR count). The third kappa shape index (κ3) is 6.13. The van der Waals surface area contributed by atoms with Crippen LogP contribution in [-0.2, 0) is 16.0 Å². The standard InChI is InChI=1S/C21H20FN3O2S2/c1-2-14-5-3-4-6-17(14)24-19(26)11-23-20(27)13-29-21-25-18(12-28-21)15-7-9-16(22)10-8-15/h3-10,12H,2,11,13H2,1H3,(H,23,27)(H,24,26). The second kappa shape index (κ2) is 10.2. The van der Waals surface area contributed by atoms with Crippen LogP contribution in [0.2, 0.25) is 0 Å². The molecule has 0 spiro atoms. The van der Waals surface area contributed by atoms with Crippen molar-refractivity contribution in [3.8, 4) is 11.3 Å². The second-order valence-electron chi connectivity index (χ2n) is 6.13. The van der Waals surface area contributed by atoms with Crippen molar-refractivity contribution in [1.29, 1.82) is 0 Å². The molecule has 0 radical (unpaired) electrons. The minimum atomic E-state index is -0.294. The molecule has 3 aromatic rings. The summed E-state index contributed by atoms with van der Waals surface area (Å²) in [4.78, 5) is 28.6. The second-order valence-corrected chi connectivity index (χ2v) is 8.21. The average Bonchev–Trinajstić information content (AvgIpc) is 3.21. The van der Waals surface area contributed by atoms with Crippen molar-refractivity contribution in [1.82, 2.24) is 10.3 Å². The summed E-state index contributed by atoms with van der Waals surface area (Å²) < 4.78 is 13.7. The van der Waals surface area contributed by atoms with Crippen molar-refractivity contribution in [3.05, 3.63) is 65.3 Å². The summed E-state index contributed by atoms with van der Waals surface area (Å²) in [5, 5.41) is 7.30. The summed E-state index contributed by atoms with van der Waals surface area (Å²) in [6.07, 6.45) is 0.813. The Hall–Kier alpha value is -2.71. The Morgan fingerprint density at radius 2 is 1.86 bits per heavy atom. The molecule has 8 heteroatoms. The Morgan fingerprint density at radius 3 is 2.62 bits per heavy atom. The number of nitrogens with one attached hydrogen (secondary N) is 2. The Balaban J connectivity index is 1.44. The molecule has 29 heavy (non-hydrogen) atoms. The van der Waals surface area contributed by atoms with Gasteiger partial charge in [-0.15, -0.1) is 11.3 Å². The maximum Gasteiger partial charge on any atom is 0.243 e. The van der Waals surface area contributed by atoms with Crippen LogP contribution in [0.3, 0.4) is 0 Å². The van der Waals surface area contributed by atoms with Gasteiger partial charge in [0, 0.05) is 16.6 Å². The van der Waals surface area contributed by atoms with Gasteiger partial charge in [0.15, 0.2) is 4.34 Å². The van der Waals surface area contributed by atoms with Crippen molar-refractivity contribution in [2.24, 2.45) is 0 Å². The highest BCUT2D eigenvalue weighted by molar-refractivity contribution is 8.01. The van der Waals surface area contributed by atoms with Gasteiger partial charge in [-0.3, -0.25) is 9.59 Å². The number of benzene rings is 2. The SMILES string of the molecule is CCc1ccccc1NC(=O)CNC(=O)CSc1nc(-c2ccc(F)cc2)cs1. The van der Waals surface area contributed by atoms with Crippen LogP contribution < -0.4 is 10.6 Å². The lowest BCUT2D eigenvalue weighted by Gasteiger charge is -2.10. The van der Waals surface area contributed by atoms with Gasteiger partial charge in [0.1, 0.15) is 5.82 Å². The zero-order valence-corrected chi connectivity index (χ0v) is 17.4. The van der Waals surface area contributed by atoms with E-state index in [9.17, 15) is 14.0 Å². The van der Waals surface area contributed by atoms with Gasteiger partial charge < -0.3 is 10.6 Å². The van der Waals surface area contributed by atoms with Crippen LogP contribution in [-0.4, -0.2) is 29.1 Å². The maximum absolute atomic E-state index is 13.0. The molecule has 2 N–H and O–H groups in total. The number of halogens is 1. The van der Waals surface area contributed by atoms with Gasteiger partial charge in [0.05, 0.1) is 18.0 Å². The lowest BCUT2D eigenvalue weighted by atomic mass is 10.1. The number of para-hydroxylation sites is 1. The van der Waals surface area contributed by atoms with Gasteiger partial charge in [-0.1, -0.05) is 36.9 Å². The first-order valence-corrected chi connectivity index (χ1v) is 10.9. The predicted molar refractivity (Wildman–Crippen MR) is 116 cm³/mol. The zero-order chi connectivity index (χ0) is 20.6. The molecule has 1 aromatic heterocycles. The van der Waals surface area contributed by atoms with Crippen LogP contribution in [0.25, 0.3) is 11.3 Å². The monoisotopic (exact) mass is 429 g/mol. The van der Waals surface area contributed by atoms with E-state index in [-0.39, 0.29) is 29.9 Å². The summed E-state index contributed by atoms with van der Waals surface area (Å²) in [6.45, 7) is 1.93. The van der Waals surface area contributed by atoms with Gasteiger partial charge in [-0.05, 0) is 42.3 Å². The Kier molecular flexibility index (Phi) is 7.37. The number of aromatic nitrogens is 1. The van der Waals surface area contributed by atoms with Crippen LogP contribution in [0.1, 0.15) is 12.5 Å². The lowest BCUT2D eigenvalue weighted by molar-refractivity contribution is -0.122. The van der Waals surface area contributed by atoms with E-state index in [1.807, 2.05) is 36.6 Å². The molecule has 150 valence electrons. The number of rotatable bonds is 8. The van der Waals surface area contributed by atoms with E-state index in [0.717, 1.165) is 33.3 Å². The number of thiazole rings is 1. The van der Waals surface area contributed by atoms with Gasteiger partial charge in [0.25, 0.3) is 0 Å². The smallest absolute Gasteiger partial charge is 0.243 e. The summed E-state index contributed by atoms with van der Waals surface area (Å²) in [6, 6.07) is 13.7. The highest BCUT2D eigenvalue weighted by atomic mass is 32.2. The number of amides is 2. The molecule has 0 saturated carbocycles.